The Hall–Kier alpha value is -2.24. The number of hydrogen-bond donors (Lipinski definition) is 0. The van der Waals surface area contributed by atoms with Crippen molar-refractivity contribution in [3.05, 3.63) is 71.3 Å². The molecule has 28 heavy (non-hydrogen) atoms. The maximum Gasteiger partial charge on any atom is 0.261 e. The van der Waals surface area contributed by atoms with Crippen LogP contribution in [0.1, 0.15) is 48.3 Å². The highest BCUT2D eigenvalue weighted by molar-refractivity contribution is 6.73. The lowest BCUT2D eigenvalue weighted by atomic mass is 9.90. The van der Waals surface area contributed by atoms with Crippen LogP contribution < -0.4 is 0 Å². The van der Waals surface area contributed by atoms with E-state index in [0.29, 0.717) is 5.56 Å². The monoisotopic (exact) mass is 395 g/mol. The third-order valence-corrected chi connectivity index (χ3v) is 10.6. The fourth-order valence-corrected chi connectivity index (χ4v) is 6.65. The number of carbonyl (C=O) groups excluding carboxylic acids is 2. The van der Waals surface area contributed by atoms with E-state index in [1.54, 1.807) is 12.1 Å². The van der Waals surface area contributed by atoms with Crippen LogP contribution in [0.25, 0.3) is 0 Å². The van der Waals surface area contributed by atoms with Crippen molar-refractivity contribution in [1.29, 1.82) is 0 Å². The molecule has 5 heteroatoms. The first-order valence-electron chi connectivity index (χ1n) is 10.1. The zero-order valence-corrected chi connectivity index (χ0v) is 18.1. The second kappa shape index (κ2) is 8.41. The number of amides is 2. The number of imide groups is 1. The molecule has 0 aromatic heterocycles. The standard InChI is InChI=1S/C23H29NO3Si/c1-5-28(6-2,7-3)27-21-20(18-11-9-8-10-12-18)24(23(21)26)22(25)19-15-13-17(4)14-16-19/h8-16,20-21H,5-7H2,1-4H3. The molecule has 2 atom stereocenters. The molecule has 1 aliphatic heterocycles. The zero-order chi connectivity index (χ0) is 20.3. The summed E-state index contributed by atoms with van der Waals surface area (Å²) in [5, 5.41) is 0. The van der Waals surface area contributed by atoms with E-state index in [4.69, 9.17) is 4.43 Å². The summed E-state index contributed by atoms with van der Waals surface area (Å²) in [6.45, 7) is 8.42. The summed E-state index contributed by atoms with van der Waals surface area (Å²) in [6.07, 6.45) is -0.566. The minimum absolute atomic E-state index is 0.216. The van der Waals surface area contributed by atoms with E-state index in [9.17, 15) is 9.59 Å². The van der Waals surface area contributed by atoms with Crippen molar-refractivity contribution in [1.82, 2.24) is 4.90 Å². The van der Waals surface area contributed by atoms with E-state index < -0.39 is 14.4 Å². The molecule has 3 rings (SSSR count). The van der Waals surface area contributed by atoms with Crippen molar-refractivity contribution in [2.45, 2.75) is 58.0 Å². The summed E-state index contributed by atoms with van der Waals surface area (Å²) < 4.78 is 6.53. The summed E-state index contributed by atoms with van der Waals surface area (Å²) >= 11 is 0. The van der Waals surface area contributed by atoms with Gasteiger partial charge in [-0.1, -0.05) is 68.8 Å². The van der Waals surface area contributed by atoms with Crippen LogP contribution in [0.5, 0.6) is 0 Å². The fraction of sp³-hybridized carbons (Fsp3) is 0.391. The molecule has 1 fully saturated rings. The lowest BCUT2D eigenvalue weighted by molar-refractivity contribution is -0.158. The highest BCUT2D eigenvalue weighted by Crippen LogP contribution is 2.41. The first kappa shape index (κ1) is 20.5. The average molecular weight is 396 g/mol. The third-order valence-electron chi connectivity index (χ3n) is 6.01. The zero-order valence-electron chi connectivity index (χ0n) is 17.1. The van der Waals surface area contributed by atoms with Gasteiger partial charge >= 0.3 is 0 Å². The first-order valence-corrected chi connectivity index (χ1v) is 12.7. The Kier molecular flexibility index (Phi) is 6.16. The molecule has 0 spiro atoms. The van der Waals surface area contributed by atoms with E-state index in [-0.39, 0.29) is 17.9 Å². The van der Waals surface area contributed by atoms with Crippen LogP contribution in [0.4, 0.5) is 0 Å². The van der Waals surface area contributed by atoms with Gasteiger partial charge in [0, 0.05) is 5.56 Å². The van der Waals surface area contributed by atoms with Crippen molar-refractivity contribution < 1.29 is 14.0 Å². The molecule has 0 N–H and O–H groups in total. The summed E-state index contributed by atoms with van der Waals surface area (Å²) in [5.74, 6) is -0.470. The summed E-state index contributed by atoms with van der Waals surface area (Å²) in [5.41, 5.74) is 2.55. The molecule has 148 valence electrons. The van der Waals surface area contributed by atoms with Gasteiger partial charge in [-0.05, 0) is 42.8 Å². The Labute approximate surface area is 168 Å². The molecule has 2 amide bonds. The molecule has 2 aromatic rings. The van der Waals surface area contributed by atoms with Gasteiger partial charge < -0.3 is 4.43 Å². The molecule has 0 bridgehead atoms. The maximum absolute atomic E-state index is 13.1. The number of rotatable bonds is 7. The van der Waals surface area contributed by atoms with Crippen molar-refractivity contribution in [2.24, 2.45) is 0 Å². The summed E-state index contributed by atoms with van der Waals surface area (Å²) in [4.78, 5) is 27.5. The lowest BCUT2D eigenvalue weighted by Crippen LogP contribution is -2.64. The number of benzene rings is 2. The van der Waals surface area contributed by atoms with Crippen molar-refractivity contribution in [3.63, 3.8) is 0 Å². The number of aryl methyl sites for hydroxylation is 1. The van der Waals surface area contributed by atoms with Gasteiger partial charge in [0.15, 0.2) is 14.4 Å². The van der Waals surface area contributed by atoms with Gasteiger partial charge in [0.2, 0.25) is 0 Å². The van der Waals surface area contributed by atoms with Crippen molar-refractivity contribution in [2.75, 3.05) is 0 Å². The topological polar surface area (TPSA) is 46.6 Å². The predicted octanol–water partition coefficient (Wildman–Crippen LogP) is 5.11. The molecule has 1 heterocycles. The smallest absolute Gasteiger partial charge is 0.261 e. The first-order chi connectivity index (χ1) is 13.5. The van der Waals surface area contributed by atoms with Crippen LogP contribution in [0.3, 0.4) is 0 Å². The Morgan fingerprint density at radius 2 is 1.54 bits per heavy atom. The highest BCUT2D eigenvalue weighted by atomic mass is 28.4. The largest absolute Gasteiger partial charge is 0.403 e. The minimum atomic E-state index is -1.98. The highest BCUT2D eigenvalue weighted by Gasteiger charge is 2.54. The van der Waals surface area contributed by atoms with Crippen molar-refractivity contribution in [3.8, 4) is 0 Å². The molecule has 0 saturated carbocycles. The Bertz CT molecular complexity index is 822. The maximum atomic E-state index is 13.1. The number of hydrogen-bond acceptors (Lipinski definition) is 3. The Morgan fingerprint density at radius 3 is 2.07 bits per heavy atom. The van der Waals surface area contributed by atoms with Gasteiger partial charge in [0.1, 0.15) is 0 Å². The Morgan fingerprint density at radius 1 is 0.964 bits per heavy atom. The molecule has 0 radical (unpaired) electrons. The fourth-order valence-electron chi connectivity index (χ4n) is 3.88. The molecule has 0 aliphatic carbocycles. The Balaban J connectivity index is 1.93. The third kappa shape index (κ3) is 3.69. The van der Waals surface area contributed by atoms with E-state index in [0.717, 1.165) is 29.3 Å². The van der Waals surface area contributed by atoms with Crippen LogP contribution >= 0.6 is 0 Å². The molecule has 2 aromatic carbocycles. The van der Waals surface area contributed by atoms with Gasteiger partial charge in [-0.15, -0.1) is 0 Å². The second-order valence-electron chi connectivity index (χ2n) is 7.52. The van der Waals surface area contributed by atoms with E-state index in [2.05, 4.69) is 20.8 Å². The number of nitrogens with zero attached hydrogens (tertiary/aromatic N) is 1. The normalized spacial score (nSPS) is 19.4. The molecule has 1 aliphatic rings. The summed E-state index contributed by atoms with van der Waals surface area (Å²) in [7, 11) is -1.98. The van der Waals surface area contributed by atoms with Crippen LogP contribution in [0, 0.1) is 6.92 Å². The van der Waals surface area contributed by atoms with Crippen LogP contribution in [0.15, 0.2) is 54.6 Å². The quantitative estimate of drug-likeness (QED) is 0.372. The lowest BCUT2D eigenvalue weighted by Gasteiger charge is -2.48. The van der Waals surface area contributed by atoms with Gasteiger partial charge in [-0.3, -0.25) is 14.5 Å². The van der Waals surface area contributed by atoms with Gasteiger partial charge in [0.25, 0.3) is 11.8 Å². The van der Waals surface area contributed by atoms with Crippen LogP contribution in [-0.2, 0) is 9.22 Å². The number of likely N-dealkylation sites (tertiary alicyclic amines) is 1. The second-order valence-corrected chi connectivity index (χ2v) is 12.2. The van der Waals surface area contributed by atoms with Crippen LogP contribution in [-0.4, -0.2) is 31.1 Å². The molecule has 2 unspecified atom stereocenters. The van der Waals surface area contributed by atoms with Gasteiger partial charge in [-0.25, -0.2) is 0 Å². The average Bonchev–Trinajstić information content (AvgIpc) is 2.74. The molecule has 4 nitrogen and oxygen atoms in total. The SMILES string of the molecule is CC[Si](CC)(CC)OC1C(=O)N(C(=O)c2ccc(C)cc2)C1c1ccccc1. The molecule has 1 saturated heterocycles. The molecular formula is C23H29NO3Si. The minimum Gasteiger partial charge on any atom is -0.403 e. The van der Waals surface area contributed by atoms with Gasteiger partial charge in [0.05, 0.1) is 6.04 Å². The number of β-lactam (4-membered cyclic amide) rings is 1. The van der Waals surface area contributed by atoms with Crippen molar-refractivity contribution >= 4 is 20.1 Å². The van der Waals surface area contributed by atoms with E-state index in [1.807, 2.05) is 49.4 Å². The van der Waals surface area contributed by atoms with E-state index in [1.165, 1.54) is 4.90 Å². The van der Waals surface area contributed by atoms with E-state index >= 15 is 0 Å². The number of carbonyl (C=O) groups is 2. The van der Waals surface area contributed by atoms with Crippen LogP contribution in [0.2, 0.25) is 18.1 Å². The summed E-state index contributed by atoms with van der Waals surface area (Å²) in [6, 6.07) is 19.7. The van der Waals surface area contributed by atoms with Gasteiger partial charge in [-0.2, -0.15) is 0 Å². The predicted molar refractivity (Wildman–Crippen MR) is 114 cm³/mol. The molecular weight excluding hydrogens is 366 g/mol.